The van der Waals surface area contributed by atoms with Crippen LogP contribution in [0.5, 0.6) is 0 Å². The number of benzene rings is 1. The molecular formula is C18H20N4S. The monoisotopic (exact) mass is 324 g/mol. The molecule has 2 aromatic heterocycles. The van der Waals surface area contributed by atoms with Gasteiger partial charge in [-0.3, -0.25) is 4.68 Å². The molecule has 1 aliphatic heterocycles. The average Bonchev–Trinajstić information content (AvgIpc) is 3.25. The third kappa shape index (κ3) is 3.01. The summed E-state index contributed by atoms with van der Waals surface area (Å²) in [5.74, 6) is 0. The maximum atomic E-state index is 4.85. The van der Waals surface area contributed by atoms with Crippen molar-refractivity contribution in [1.29, 1.82) is 0 Å². The first-order chi connectivity index (χ1) is 11.3. The molecule has 3 aromatic rings. The highest BCUT2D eigenvalue weighted by atomic mass is 32.1. The molecule has 1 unspecified atom stereocenters. The minimum absolute atomic E-state index is 0.446. The van der Waals surface area contributed by atoms with Crippen molar-refractivity contribution < 1.29 is 0 Å². The van der Waals surface area contributed by atoms with Gasteiger partial charge in [-0.25, -0.2) is 4.98 Å². The van der Waals surface area contributed by atoms with Crippen LogP contribution in [0.4, 0.5) is 5.13 Å². The summed E-state index contributed by atoms with van der Waals surface area (Å²) < 4.78 is 2.12. The van der Waals surface area contributed by atoms with Crippen LogP contribution < -0.4 is 4.90 Å². The summed E-state index contributed by atoms with van der Waals surface area (Å²) >= 11 is 1.74. The third-order valence-corrected chi connectivity index (χ3v) is 5.23. The van der Waals surface area contributed by atoms with E-state index in [1.165, 1.54) is 24.0 Å². The fraction of sp³-hybridized carbons (Fsp3) is 0.333. The van der Waals surface area contributed by atoms with Gasteiger partial charge in [0.05, 0.1) is 17.9 Å². The van der Waals surface area contributed by atoms with Crippen LogP contribution in [0.15, 0.2) is 48.1 Å². The maximum Gasteiger partial charge on any atom is 0.185 e. The number of anilines is 1. The van der Waals surface area contributed by atoms with Crippen molar-refractivity contribution in [2.24, 2.45) is 0 Å². The van der Waals surface area contributed by atoms with Crippen LogP contribution in [0, 0.1) is 6.92 Å². The Hall–Kier alpha value is -2.14. The Bertz CT molecular complexity index is 777. The molecule has 3 heterocycles. The normalized spacial score (nSPS) is 18.3. The van der Waals surface area contributed by atoms with Gasteiger partial charge in [-0.15, -0.1) is 11.3 Å². The summed E-state index contributed by atoms with van der Waals surface area (Å²) in [5.41, 5.74) is 3.48. The van der Waals surface area contributed by atoms with Crippen LogP contribution in [-0.2, 0) is 0 Å². The zero-order valence-corrected chi connectivity index (χ0v) is 14.0. The first-order valence-electron chi connectivity index (χ1n) is 8.06. The van der Waals surface area contributed by atoms with E-state index in [0.717, 1.165) is 23.9 Å². The van der Waals surface area contributed by atoms with Crippen LogP contribution >= 0.6 is 11.3 Å². The molecule has 0 aliphatic carbocycles. The topological polar surface area (TPSA) is 34.0 Å². The number of piperidine rings is 1. The maximum absolute atomic E-state index is 4.85. The van der Waals surface area contributed by atoms with Crippen molar-refractivity contribution >= 4 is 16.5 Å². The second kappa shape index (κ2) is 6.16. The number of thiazole rings is 1. The van der Waals surface area contributed by atoms with E-state index < -0.39 is 0 Å². The first kappa shape index (κ1) is 14.5. The summed E-state index contributed by atoms with van der Waals surface area (Å²) in [6.45, 7) is 4.17. The van der Waals surface area contributed by atoms with Gasteiger partial charge in [-0.1, -0.05) is 30.3 Å². The molecule has 0 spiro atoms. The van der Waals surface area contributed by atoms with Gasteiger partial charge in [0, 0.05) is 30.2 Å². The standard InChI is InChI=1S/C18H20N4S/c1-14-10-19-22(11-14)16-8-5-9-21(12-16)18-20-17(13-23-18)15-6-3-2-4-7-15/h2-4,6-7,10-11,13,16H,5,8-9,12H2,1H3. The highest BCUT2D eigenvalue weighted by Crippen LogP contribution is 2.31. The van der Waals surface area contributed by atoms with E-state index in [-0.39, 0.29) is 0 Å². The molecule has 1 aromatic carbocycles. The summed E-state index contributed by atoms with van der Waals surface area (Å²) in [6.07, 6.45) is 6.46. The van der Waals surface area contributed by atoms with Gasteiger partial charge >= 0.3 is 0 Å². The van der Waals surface area contributed by atoms with Gasteiger partial charge in [-0.2, -0.15) is 5.10 Å². The molecule has 0 N–H and O–H groups in total. The number of nitrogens with zero attached hydrogens (tertiary/aromatic N) is 4. The summed E-state index contributed by atoms with van der Waals surface area (Å²) in [6, 6.07) is 10.8. The van der Waals surface area contributed by atoms with Crippen molar-refractivity contribution in [2.75, 3.05) is 18.0 Å². The minimum atomic E-state index is 0.446. The smallest absolute Gasteiger partial charge is 0.185 e. The molecule has 4 nitrogen and oxygen atoms in total. The predicted octanol–water partition coefficient (Wildman–Crippen LogP) is 4.16. The number of aryl methyl sites for hydroxylation is 1. The molecule has 1 aliphatic rings. The molecule has 1 saturated heterocycles. The Morgan fingerprint density at radius 3 is 2.87 bits per heavy atom. The van der Waals surface area contributed by atoms with Gasteiger partial charge in [0.25, 0.3) is 0 Å². The predicted molar refractivity (Wildman–Crippen MR) is 95.0 cm³/mol. The van der Waals surface area contributed by atoms with Gasteiger partial charge in [-0.05, 0) is 25.3 Å². The Labute approximate surface area is 140 Å². The van der Waals surface area contributed by atoms with Crippen LogP contribution in [-0.4, -0.2) is 27.9 Å². The second-order valence-corrected chi connectivity index (χ2v) is 6.96. The Morgan fingerprint density at radius 1 is 1.22 bits per heavy atom. The molecule has 5 heteroatoms. The van der Waals surface area contributed by atoms with Crippen molar-refractivity contribution in [2.45, 2.75) is 25.8 Å². The van der Waals surface area contributed by atoms with E-state index in [0.29, 0.717) is 6.04 Å². The summed E-state index contributed by atoms with van der Waals surface area (Å²) in [4.78, 5) is 7.26. The Balaban J connectivity index is 1.53. The van der Waals surface area contributed by atoms with Crippen molar-refractivity contribution in [1.82, 2.24) is 14.8 Å². The van der Waals surface area contributed by atoms with Crippen LogP contribution in [0.25, 0.3) is 11.3 Å². The van der Waals surface area contributed by atoms with Gasteiger partial charge in [0.2, 0.25) is 0 Å². The van der Waals surface area contributed by atoms with E-state index in [1.54, 1.807) is 11.3 Å². The lowest BCUT2D eigenvalue weighted by atomic mass is 10.1. The lowest BCUT2D eigenvalue weighted by Gasteiger charge is -2.32. The Kier molecular flexibility index (Phi) is 3.87. The average molecular weight is 324 g/mol. The molecule has 1 atom stereocenters. The van der Waals surface area contributed by atoms with E-state index >= 15 is 0 Å². The highest BCUT2D eigenvalue weighted by Gasteiger charge is 2.23. The molecule has 0 saturated carbocycles. The van der Waals surface area contributed by atoms with E-state index in [1.807, 2.05) is 12.3 Å². The number of rotatable bonds is 3. The van der Waals surface area contributed by atoms with Crippen molar-refractivity contribution in [3.05, 3.63) is 53.7 Å². The van der Waals surface area contributed by atoms with Gasteiger partial charge < -0.3 is 4.90 Å². The highest BCUT2D eigenvalue weighted by molar-refractivity contribution is 7.14. The van der Waals surface area contributed by atoms with E-state index in [4.69, 9.17) is 4.98 Å². The molecule has 23 heavy (non-hydrogen) atoms. The largest absolute Gasteiger partial charge is 0.346 e. The van der Waals surface area contributed by atoms with Crippen LogP contribution in [0.3, 0.4) is 0 Å². The fourth-order valence-electron chi connectivity index (χ4n) is 3.13. The van der Waals surface area contributed by atoms with Crippen LogP contribution in [0.1, 0.15) is 24.4 Å². The fourth-order valence-corrected chi connectivity index (χ4v) is 4.00. The minimum Gasteiger partial charge on any atom is -0.346 e. The van der Waals surface area contributed by atoms with Crippen molar-refractivity contribution in [3.63, 3.8) is 0 Å². The SMILES string of the molecule is Cc1cnn(C2CCCN(c3nc(-c4ccccc4)cs3)C2)c1. The zero-order chi connectivity index (χ0) is 15.6. The van der Waals surface area contributed by atoms with Crippen LogP contribution in [0.2, 0.25) is 0 Å². The number of hydrogen-bond donors (Lipinski definition) is 0. The van der Waals surface area contributed by atoms with Gasteiger partial charge in [0.15, 0.2) is 5.13 Å². The first-order valence-corrected chi connectivity index (χ1v) is 8.94. The summed E-state index contributed by atoms with van der Waals surface area (Å²) in [7, 11) is 0. The summed E-state index contributed by atoms with van der Waals surface area (Å²) in [5, 5.41) is 7.78. The second-order valence-electron chi connectivity index (χ2n) is 6.12. The lowest BCUT2D eigenvalue weighted by Crippen LogP contribution is -2.36. The zero-order valence-electron chi connectivity index (χ0n) is 13.2. The molecule has 118 valence electrons. The molecule has 0 bridgehead atoms. The Morgan fingerprint density at radius 2 is 2.09 bits per heavy atom. The molecule has 0 amide bonds. The van der Waals surface area contributed by atoms with Gasteiger partial charge in [0.1, 0.15) is 0 Å². The number of hydrogen-bond acceptors (Lipinski definition) is 4. The molecule has 1 fully saturated rings. The number of aromatic nitrogens is 3. The van der Waals surface area contributed by atoms with E-state index in [9.17, 15) is 0 Å². The molecule has 4 rings (SSSR count). The molecule has 0 radical (unpaired) electrons. The molecular weight excluding hydrogens is 304 g/mol. The van der Waals surface area contributed by atoms with Crippen molar-refractivity contribution in [3.8, 4) is 11.3 Å². The van der Waals surface area contributed by atoms with E-state index in [2.05, 4.69) is 57.4 Å². The third-order valence-electron chi connectivity index (χ3n) is 4.33. The lowest BCUT2D eigenvalue weighted by molar-refractivity contribution is 0.376. The quantitative estimate of drug-likeness (QED) is 0.725.